The Morgan fingerprint density at radius 1 is 1.42 bits per heavy atom. The number of hydrogen-bond donors (Lipinski definition) is 1. The number of amides is 1. The summed E-state index contributed by atoms with van der Waals surface area (Å²) < 4.78 is 19.0. The van der Waals surface area contributed by atoms with Crippen molar-refractivity contribution < 1.29 is 13.9 Å². The summed E-state index contributed by atoms with van der Waals surface area (Å²) in [6, 6.07) is 7.61. The number of aryl methyl sites for hydroxylation is 1. The molecule has 0 unspecified atom stereocenters. The monoisotopic (exact) mass is 374 g/mol. The van der Waals surface area contributed by atoms with Crippen LogP contribution < -0.4 is 4.74 Å². The number of hydrogen-bond acceptors (Lipinski definition) is 5. The van der Waals surface area contributed by atoms with E-state index >= 15 is 0 Å². The summed E-state index contributed by atoms with van der Waals surface area (Å²) in [5.41, 5.74) is 1.80. The lowest BCUT2D eigenvalue weighted by atomic mass is 10.2. The van der Waals surface area contributed by atoms with Gasteiger partial charge in [0.25, 0.3) is 5.91 Å². The van der Waals surface area contributed by atoms with Crippen LogP contribution in [0.15, 0.2) is 35.7 Å². The van der Waals surface area contributed by atoms with Gasteiger partial charge in [-0.1, -0.05) is 12.1 Å². The maximum atomic E-state index is 13.6. The largest absolute Gasteiger partial charge is 0.484 e. The molecular weight excluding hydrogens is 355 g/mol. The van der Waals surface area contributed by atoms with Crippen LogP contribution in [0.3, 0.4) is 0 Å². The number of ether oxygens (including phenoxy) is 1. The van der Waals surface area contributed by atoms with E-state index in [-0.39, 0.29) is 30.0 Å². The summed E-state index contributed by atoms with van der Waals surface area (Å²) in [7, 11) is 1.72. The molecule has 1 aromatic carbocycles. The lowest BCUT2D eigenvalue weighted by molar-refractivity contribution is 0.0736. The Bertz CT molecular complexity index is 908. The highest BCUT2D eigenvalue weighted by molar-refractivity contribution is 7.09. The molecule has 6 nitrogen and oxygen atoms in total. The third-order valence-corrected chi connectivity index (χ3v) is 5.10. The number of carbonyl (C=O) groups is 1. The summed E-state index contributed by atoms with van der Waals surface area (Å²) in [6.07, 6.45) is 0. The smallest absolute Gasteiger partial charge is 0.274 e. The standard InChI is InChI=1S/C18H19FN4O2S/c1-11-10-26-17(20-11)12(2)23(3)18(24)15-8-13(21-22-15)9-25-16-7-5-4-6-14(16)19/h4-8,10,12H,9H2,1-3H3,(H,21,22)/t12-/m0/s1. The molecule has 0 fully saturated rings. The van der Waals surface area contributed by atoms with Crippen molar-refractivity contribution in [3.63, 3.8) is 0 Å². The second-order valence-electron chi connectivity index (χ2n) is 5.92. The van der Waals surface area contributed by atoms with Crippen molar-refractivity contribution in [3.8, 4) is 5.75 Å². The zero-order valence-electron chi connectivity index (χ0n) is 14.7. The number of carbonyl (C=O) groups excluding carboxylic acids is 1. The molecule has 1 atom stereocenters. The number of H-pyrrole nitrogens is 1. The van der Waals surface area contributed by atoms with Crippen LogP contribution in [0.5, 0.6) is 5.75 Å². The van der Waals surface area contributed by atoms with Gasteiger partial charge in [0.2, 0.25) is 0 Å². The highest BCUT2D eigenvalue weighted by Gasteiger charge is 2.23. The Morgan fingerprint density at radius 2 is 2.19 bits per heavy atom. The molecule has 26 heavy (non-hydrogen) atoms. The quantitative estimate of drug-likeness (QED) is 0.714. The highest BCUT2D eigenvalue weighted by Crippen LogP contribution is 2.24. The van der Waals surface area contributed by atoms with Crippen LogP contribution in [-0.2, 0) is 6.61 Å². The molecule has 8 heteroatoms. The molecule has 2 aromatic heterocycles. The van der Waals surface area contributed by atoms with Gasteiger partial charge in [-0.25, -0.2) is 9.37 Å². The summed E-state index contributed by atoms with van der Waals surface area (Å²) in [5, 5.41) is 9.63. The van der Waals surface area contributed by atoms with Crippen LogP contribution in [0, 0.1) is 12.7 Å². The number of aromatic amines is 1. The first-order chi connectivity index (χ1) is 12.5. The number of rotatable bonds is 6. The number of aromatic nitrogens is 3. The summed E-state index contributed by atoms with van der Waals surface area (Å²) in [4.78, 5) is 18.6. The van der Waals surface area contributed by atoms with Crippen LogP contribution in [0.4, 0.5) is 4.39 Å². The van der Waals surface area contributed by atoms with Gasteiger partial charge in [0.1, 0.15) is 11.6 Å². The van der Waals surface area contributed by atoms with Crippen molar-refractivity contribution in [2.45, 2.75) is 26.5 Å². The predicted molar refractivity (Wildman–Crippen MR) is 96.7 cm³/mol. The van der Waals surface area contributed by atoms with E-state index in [0.29, 0.717) is 5.69 Å². The number of nitrogens with one attached hydrogen (secondary N) is 1. The first-order valence-corrected chi connectivity index (χ1v) is 8.94. The van der Waals surface area contributed by atoms with E-state index in [1.54, 1.807) is 36.2 Å². The van der Waals surface area contributed by atoms with Crippen LogP contribution in [0.1, 0.15) is 39.8 Å². The molecule has 0 saturated carbocycles. The van der Waals surface area contributed by atoms with Crippen LogP contribution in [-0.4, -0.2) is 33.0 Å². The molecule has 0 spiro atoms. The molecule has 2 heterocycles. The minimum atomic E-state index is -0.435. The van der Waals surface area contributed by atoms with Crippen LogP contribution >= 0.6 is 11.3 Å². The van der Waals surface area contributed by atoms with Gasteiger partial charge >= 0.3 is 0 Å². The van der Waals surface area contributed by atoms with Gasteiger partial charge < -0.3 is 9.64 Å². The van der Waals surface area contributed by atoms with E-state index < -0.39 is 5.82 Å². The van der Waals surface area contributed by atoms with Gasteiger partial charge in [0, 0.05) is 18.1 Å². The maximum absolute atomic E-state index is 13.6. The first-order valence-electron chi connectivity index (χ1n) is 8.06. The maximum Gasteiger partial charge on any atom is 0.274 e. The molecule has 0 aliphatic heterocycles. The van der Waals surface area contributed by atoms with E-state index in [0.717, 1.165) is 10.7 Å². The van der Waals surface area contributed by atoms with Gasteiger partial charge in [0.05, 0.1) is 11.7 Å². The average molecular weight is 374 g/mol. The van der Waals surface area contributed by atoms with Crippen LogP contribution in [0.2, 0.25) is 0 Å². The minimum absolute atomic E-state index is 0.0894. The van der Waals surface area contributed by atoms with Gasteiger partial charge in [-0.2, -0.15) is 5.10 Å². The van der Waals surface area contributed by atoms with Crippen molar-refractivity contribution in [1.82, 2.24) is 20.1 Å². The van der Waals surface area contributed by atoms with Gasteiger partial charge in [-0.05, 0) is 32.0 Å². The number of para-hydroxylation sites is 1. The Labute approximate surface area is 154 Å². The fraction of sp³-hybridized carbons (Fsp3) is 0.278. The molecule has 3 rings (SSSR count). The number of thiazole rings is 1. The lowest BCUT2D eigenvalue weighted by Gasteiger charge is -2.22. The zero-order chi connectivity index (χ0) is 18.7. The topological polar surface area (TPSA) is 71.1 Å². The second-order valence-corrected chi connectivity index (χ2v) is 6.81. The van der Waals surface area contributed by atoms with Gasteiger partial charge in [-0.3, -0.25) is 9.89 Å². The molecule has 1 N–H and O–H groups in total. The summed E-state index contributed by atoms with van der Waals surface area (Å²) in [6.45, 7) is 3.93. The molecule has 0 aliphatic carbocycles. The van der Waals surface area contributed by atoms with Crippen molar-refractivity contribution >= 4 is 17.2 Å². The number of halogens is 1. The Kier molecular flexibility index (Phi) is 5.32. The Morgan fingerprint density at radius 3 is 2.88 bits per heavy atom. The molecule has 136 valence electrons. The molecule has 0 saturated heterocycles. The van der Waals surface area contributed by atoms with Crippen molar-refractivity contribution in [3.05, 3.63) is 63.6 Å². The SMILES string of the molecule is Cc1csc([C@H](C)N(C)C(=O)c2cc(COc3ccccc3F)[nH]n2)n1. The fourth-order valence-corrected chi connectivity index (χ4v) is 3.24. The van der Waals surface area contributed by atoms with Crippen molar-refractivity contribution in [1.29, 1.82) is 0 Å². The summed E-state index contributed by atoms with van der Waals surface area (Å²) in [5.74, 6) is -0.505. The van der Waals surface area contributed by atoms with Gasteiger partial charge in [-0.15, -0.1) is 11.3 Å². The molecule has 3 aromatic rings. The molecular formula is C18H19FN4O2S. The third kappa shape index (κ3) is 3.91. The zero-order valence-corrected chi connectivity index (χ0v) is 15.5. The van der Waals surface area contributed by atoms with Crippen molar-refractivity contribution in [2.75, 3.05) is 7.05 Å². The van der Waals surface area contributed by atoms with E-state index in [1.807, 2.05) is 19.2 Å². The predicted octanol–water partition coefficient (Wildman–Crippen LogP) is 3.73. The van der Waals surface area contributed by atoms with Crippen molar-refractivity contribution in [2.24, 2.45) is 0 Å². The Balaban J connectivity index is 1.65. The molecule has 0 aliphatic rings. The second kappa shape index (κ2) is 7.65. The average Bonchev–Trinajstić information content (AvgIpc) is 3.28. The highest BCUT2D eigenvalue weighted by atomic mass is 32.1. The molecule has 0 bridgehead atoms. The molecule has 0 radical (unpaired) electrons. The lowest BCUT2D eigenvalue weighted by Crippen LogP contribution is -2.29. The first kappa shape index (κ1) is 18.1. The van der Waals surface area contributed by atoms with E-state index in [4.69, 9.17) is 4.74 Å². The van der Waals surface area contributed by atoms with Crippen LogP contribution in [0.25, 0.3) is 0 Å². The minimum Gasteiger partial charge on any atom is -0.484 e. The molecule has 1 amide bonds. The number of nitrogens with zero attached hydrogens (tertiary/aromatic N) is 3. The Hall–Kier alpha value is -2.74. The van der Waals surface area contributed by atoms with E-state index in [1.165, 1.54) is 17.4 Å². The van der Waals surface area contributed by atoms with E-state index in [2.05, 4.69) is 15.2 Å². The third-order valence-electron chi connectivity index (χ3n) is 3.97. The number of benzene rings is 1. The summed E-state index contributed by atoms with van der Waals surface area (Å²) >= 11 is 1.52. The normalized spacial score (nSPS) is 12.0. The van der Waals surface area contributed by atoms with Gasteiger partial charge in [0.15, 0.2) is 17.3 Å². The van der Waals surface area contributed by atoms with E-state index in [9.17, 15) is 9.18 Å². The fourth-order valence-electron chi connectivity index (χ4n) is 2.35.